The van der Waals surface area contributed by atoms with Crippen LogP contribution in [0.5, 0.6) is 0 Å². The van der Waals surface area contributed by atoms with Crippen LogP contribution in [0.3, 0.4) is 0 Å². The zero-order chi connectivity index (χ0) is 20.9. The van der Waals surface area contributed by atoms with E-state index in [9.17, 15) is 9.90 Å². The standard InChI is InChI=1S/C25H35N3O2/c1-24-11-7-18(29)15-17(24)3-4-19-20-5-6-22(25(20,2)12-8-21(19)24)27-28-23(30)16-9-13-26-14-10-16/h9-10,13-14,17-21,29H,3-8,11-12,15H2,1-2H3,(H,28,30)/b27-22+/t17-,18-,19+,20+,21-,24+,25-/m0/s1. The minimum Gasteiger partial charge on any atom is -0.393 e. The molecule has 1 amide bonds. The zero-order valence-electron chi connectivity index (χ0n) is 18.3. The first-order chi connectivity index (χ1) is 14.4. The molecule has 1 heterocycles. The summed E-state index contributed by atoms with van der Waals surface area (Å²) in [7, 11) is 0. The maximum Gasteiger partial charge on any atom is 0.271 e. The summed E-state index contributed by atoms with van der Waals surface area (Å²) in [6.07, 6.45) is 13.6. The lowest BCUT2D eigenvalue weighted by Gasteiger charge is -2.60. The number of hydrogen-bond donors (Lipinski definition) is 2. The van der Waals surface area contributed by atoms with E-state index in [1.807, 2.05) is 0 Å². The van der Waals surface area contributed by atoms with Crippen LogP contribution in [0.1, 0.15) is 82.0 Å². The van der Waals surface area contributed by atoms with E-state index >= 15 is 0 Å². The van der Waals surface area contributed by atoms with Gasteiger partial charge in [0.25, 0.3) is 5.91 Å². The zero-order valence-corrected chi connectivity index (χ0v) is 18.3. The summed E-state index contributed by atoms with van der Waals surface area (Å²) < 4.78 is 0. The number of nitrogens with zero attached hydrogens (tertiary/aromatic N) is 2. The molecular formula is C25H35N3O2. The monoisotopic (exact) mass is 409 g/mol. The minimum atomic E-state index is -0.153. The highest BCUT2D eigenvalue weighted by molar-refractivity contribution is 5.97. The Bertz CT molecular complexity index is 840. The summed E-state index contributed by atoms with van der Waals surface area (Å²) in [5.74, 6) is 2.77. The minimum absolute atomic E-state index is 0.0808. The third-order valence-corrected chi connectivity index (χ3v) is 9.61. The van der Waals surface area contributed by atoms with Crippen LogP contribution in [-0.4, -0.2) is 27.8 Å². The second-order valence-electron chi connectivity index (χ2n) is 10.8. The predicted molar refractivity (Wildman–Crippen MR) is 117 cm³/mol. The molecular weight excluding hydrogens is 374 g/mol. The first-order valence-electron chi connectivity index (χ1n) is 11.9. The Morgan fingerprint density at radius 2 is 1.90 bits per heavy atom. The number of amides is 1. The van der Waals surface area contributed by atoms with Crippen LogP contribution in [0.2, 0.25) is 0 Å². The molecule has 1 aromatic rings. The van der Waals surface area contributed by atoms with E-state index in [2.05, 4.69) is 29.4 Å². The van der Waals surface area contributed by atoms with Crippen molar-refractivity contribution < 1.29 is 9.90 Å². The van der Waals surface area contributed by atoms with Gasteiger partial charge in [0.2, 0.25) is 0 Å². The van der Waals surface area contributed by atoms with E-state index in [4.69, 9.17) is 0 Å². The van der Waals surface area contributed by atoms with Crippen LogP contribution in [-0.2, 0) is 0 Å². The van der Waals surface area contributed by atoms with Crippen molar-refractivity contribution in [2.45, 2.75) is 77.7 Å². The molecule has 0 unspecified atom stereocenters. The second-order valence-corrected chi connectivity index (χ2v) is 10.8. The van der Waals surface area contributed by atoms with Crippen molar-refractivity contribution in [1.29, 1.82) is 0 Å². The fourth-order valence-corrected chi connectivity index (χ4v) is 7.89. The van der Waals surface area contributed by atoms with Crippen LogP contribution in [0.15, 0.2) is 29.6 Å². The van der Waals surface area contributed by atoms with Crippen LogP contribution < -0.4 is 5.43 Å². The Labute approximate surface area is 179 Å². The summed E-state index contributed by atoms with van der Waals surface area (Å²) in [5.41, 5.74) is 5.13. The van der Waals surface area contributed by atoms with Gasteiger partial charge in [0, 0.05) is 29.1 Å². The SMILES string of the molecule is C[C@@]12CC[C@H](O)C[C@@H]1CC[C@@H]1[C@H]3CC/C(=N\NC(=O)c4ccncc4)[C@@]3(C)CC[C@@H]12. The topological polar surface area (TPSA) is 74.6 Å². The van der Waals surface area contributed by atoms with Crippen LogP contribution in [0.4, 0.5) is 0 Å². The molecule has 0 radical (unpaired) electrons. The molecule has 5 heteroatoms. The second kappa shape index (κ2) is 7.44. The van der Waals surface area contributed by atoms with Gasteiger partial charge >= 0.3 is 0 Å². The van der Waals surface area contributed by atoms with Gasteiger partial charge < -0.3 is 5.11 Å². The number of aliphatic hydroxyl groups excluding tert-OH is 1. The average Bonchev–Trinajstić information content (AvgIpc) is 3.09. The molecule has 0 aliphatic heterocycles. The van der Waals surface area contributed by atoms with E-state index < -0.39 is 0 Å². The molecule has 0 aromatic carbocycles. The maximum absolute atomic E-state index is 12.5. The average molecular weight is 410 g/mol. The molecule has 4 aliphatic carbocycles. The van der Waals surface area contributed by atoms with Gasteiger partial charge in [-0.1, -0.05) is 13.8 Å². The van der Waals surface area contributed by atoms with Gasteiger partial charge in [0.05, 0.1) is 6.10 Å². The summed E-state index contributed by atoms with van der Waals surface area (Å²) >= 11 is 0. The molecule has 30 heavy (non-hydrogen) atoms. The molecule has 4 fully saturated rings. The van der Waals surface area contributed by atoms with Crippen LogP contribution >= 0.6 is 0 Å². The van der Waals surface area contributed by atoms with E-state index in [-0.39, 0.29) is 17.4 Å². The van der Waals surface area contributed by atoms with E-state index in [1.165, 1.54) is 44.2 Å². The third kappa shape index (κ3) is 3.12. The number of nitrogens with one attached hydrogen (secondary N) is 1. The van der Waals surface area contributed by atoms with Gasteiger partial charge in [0.1, 0.15) is 0 Å². The molecule has 5 rings (SSSR count). The van der Waals surface area contributed by atoms with Crippen molar-refractivity contribution in [3.8, 4) is 0 Å². The molecule has 2 N–H and O–H groups in total. The highest BCUT2D eigenvalue weighted by Gasteiger charge is 2.59. The van der Waals surface area contributed by atoms with Gasteiger partial charge in [-0.2, -0.15) is 5.10 Å². The number of rotatable bonds is 2. The number of aliphatic hydroxyl groups is 1. The Balaban J connectivity index is 1.33. The first kappa shape index (κ1) is 20.2. The lowest BCUT2D eigenvalue weighted by molar-refractivity contribution is -0.113. The molecule has 7 atom stereocenters. The summed E-state index contributed by atoms with van der Waals surface area (Å²) in [5, 5.41) is 14.9. The van der Waals surface area contributed by atoms with E-state index in [0.717, 1.165) is 31.1 Å². The normalized spacial score (nSPS) is 44.1. The number of pyridine rings is 1. The number of hydrazone groups is 1. The Hall–Kier alpha value is -1.75. The predicted octanol–water partition coefficient (Wildman–Crippen LogP) is 4.57. The Morgan fingerprint density at radius 3 is 2.70 bits per heavy atom. The van der Waals surface area contributed by atoms with Gasteiger partial charge in [-0.3, -0.25) is 9.78 Å². The van der Waals surface area contributed by atoms with Gasteiger partial charge in [-0.25, -0.2) is 5.43 Å². The number of carbonyl (C=O) groups is 1. The van der Waals surface area contributed by atoms with Gasteiger partial charge in [-0.15, -0.1) is 0 Å². The molecule has 162 valence electrons. The Morgan fingerprint density at radius 1 is 1.10 bits per heavy atom. The third-order valence-electron chi connectivity index (χ3n) is 9.61. The van der Waals surface area contributed by atoms with E-state index in [0.29, 0.717) is 22.8 Å². The van der Waals surface area contributed by atoms with Gasteiger partial charge in [0.15, 0.2) is 0 Å². The largest absolute Gasteiger partial charge is 0.393 e. The van der Waals surface area contributed by atoms with Crippen molar-refractivity contribution in [3.63, 3.8) is 0 Å². The van der Waals surface area contributed by atoms with Crippen molar-refractivity contribution in [2.75, 3.05) is 0 Å². The van der Waals surface area contributed by atoms with Crippen molar-refractivity contribution >= 4 is 11.6 Å². The maximum atomic E-state index is 12.5. The summed E-state index contributed by atoms with van der Waals surface area (Å²) in [4.78, 5) is 16.4. The van der Waals surface area contributed by atoms with Crippen molar-refractivity contribution in [2.24, 2.45) is 39.6 Å². The fraction of sp³-hybridized carbons (Fsp3) is 0.720. The van der Waals surface area contributed by atoms with Crippen molar-refractivity contribution in [1.82, 2.24) is 10.4 Å². The number of aromatic nitrogens is 1. The number of hydrogen-bond acceptors (Lipinski definition) is 4. The highest BCUT2D eigenvalue weighted by atomic mass is 16.3. The lowest BCUT2D eigenvalue weighted by atomic mass is 9.45. The van der Waals surface area contributed by atoms with Crippen molar-refractivity contribution in [3.05, 3.63) is 30.1 Å². The molecule has 1 aromatic heterocycles. The lowest BCUT2D eigenvalue weighted by Crippen LogP contribution is -2.54. The molecule has 0 spiro atoms. The quantitative estimate of drug-likeness (QED) is 0.703. The summed E-state index contributed by atoms with van der Waals surface area (Å²) in [6, 6.07) is 3.44. The molecule has 0 bridgehead atoms. The Kier molecular flexibility index (Phi) is 5.00. The molecule has 5 nitrogen and oxygen atoms in total. The van der Waals surface area contributed by atoms with Crippen LogP contribution in [0.25, 0.3) is 0 Å². The molecule has 4 saturated carbocycles. The fourth-order valence-electron chi connectivity index (χ4n) is 7.89. The van der Waals surface area contributed by atoms with Gasteiger partial charge in [-0.05, 0) is 99.0 Å². The molecule has 0 saturated heterocycles. The first-order valence-corrected chi connectivity index (χ1v) is 11.9. The number of fused-ring (bicyclic) bond motifs is 5. The summed E-state index contributed by atoms with van der Waals surface area (Å²) in [6.45, 7) is 4.93. The highest BCUT2D eigenvalue weighted by Crippen LogP contribution is 2.65. The van der Waals surface area contributed by atoms with Crippen LogP contribution in [0, 0.1) is 34.5 Å². The smallest absolute Gasteiger partial charge is 0.271 e. The molecule has 4 aliphatic rings. The van der Waals surface area contributed by atoms with E-state index in [1.54, 1.807) is 24.5 Å². The number of carbonyl (C=O) groups excluding carboxylic acids is 1.